The molecule has 0 N–H and O–H groups in total. The third-order valence-electron chi connectivity index (χ3n) is 16.2. The maximum absolute atomic E-state index is 2.55. The molecule has 0 amide bonds. The summed E-state index contributed by atoms with van der Waals surface area (Å²) in [5, 5.41) is 0. The second kappa shape index (κ2) is 13.8. The number of fused-ring (bicyclic) bond motifs is 3. The van der Waals surface area contributed by atoms with Crippen molar-refractivity contribution >= 4 is 17.1 Å². The minimum Gasteiger partial charge on any atom is -0.310 e. The van der Waals surface area contributed by atoms with Crippen LogP contribution in [-0.4, -0.2) is 0 Å². The van der Waals surface area contributed by atoms with Gasteiger partial charge in [0.15, 0.2) is 0 Å². The first-order chi connectivity index (χ1) is 27.4. The maximum Gasteiger partial charge on any atom is 0.0465 e. The number of anilines is 3. The van der Waals surface area contributed by atoms with Crippen LogP contribution in [0, 0.1) is 17.8 Å². The van der Waals surface area contributed by atoms with Crippen molar-refractivity contribution in [2.45, 2.75) is 139 Å². The van der Waals surface area contributed by atoms with Gasteiger partial charge in [0.1, 0.15) is 0 Å². The monoisotopic (exact) mass is 735 g/mol. The van der Waals surface area contributed by atoms with Crippen LogP contribution >= 0.6 is 0 Å². The molecule has 5 aromatic carbocycles. The van der Waals surface area contributed by atoms with E-state index in [0.29, 0.717) is 11.3 Å². The molecule has 0 radical (unpaired) electrons. The standard InChI is InChI=1S/C55H61N/c1-54(2)52-32-45(44-15-13-42(14-16-44)40-9-5-3-6-10-40)19-27-50(52)51-28-26-49(33-53(51)54)56(47-22-17-43(18-23-47)41-11-7-4-8-12-41)48-24-20-46(21-25-48)55-34-37-29-38(35-55)31-39(30-37)36-55/h13-28,32-33,37-41H,3-12,29-31,34-36H2,1-2H3. The van der Waals surface area contributed by atoms with Crippen molar-refractivity contribution in [3.8, 4) is 22.3 Å². The third kappa shape index (κ3) is 6.01. The van der Waals surface area contributed by atoms with Crippen molar-refractivity contribution < 1.29 is 0 Å². The van der Waals surface area contributed by atoms with Crippen molar-refractivity contribution in [3.05, 3.63) is 137 Å². The lowest BCUT2D eigenvalue weighted by Crippen LogP contribution is -2.48. The lowest BCUT2D eigenvalue weighted by molar-refractivity contribution is -0.00518. The smallest absolute Gasteiger partial charge is 0.0465 e. The Labute approximate surface area is 337 Å². The van der Waals surface area contributed by atoms with Gasteiger partial charge in [-0.3, -0.25) is 0 Å². The summed E-state index contributed by atoms with van der Waals surface area (Å²) in [4.78, 5) is 2.55. The molecule has 6 fully saturated rings. The molecule has 4 bridgehead atoms. The highest BCUT2D eigenvalue weighted by Gasteiger charge is 2.51. The fourth-order valence-corrected chi connectivity index (χ4v) is 13.6. The topological polar surface area (TPSA) is 3.24 Å². The molecule has 6 saturated carbocycles. The van der Waals surface area contributed by atoms with Crippen molar-refractivity contribution in [2.75, 3.05) is 4.90 Å². The van der Waals surface area contributed by atoms with E-state index in [4.69, 9.17) is 0 Å². The van der Waals surface area contributed by atoms with Crippen molar-refractivity contribution in [1.29, 1.82) is 0 Å². The van der Waals surface area contributed by atoms with Gasteiger partial charge in [0.25, 0.3) is 0 Å². The van der Waals surface area contributed by atoms with Crippen molar-refractivity contribution in [1.82, 2.24) is 0 Å². The zero-order valence-corrected chi connectivity index (χ0v) is 34.0. The lowest BCUT2D eigenvalue weighted by Gasteiger charge is -2.57. The summed E-state index contributed by atoms with van der Waals surface area (Å²) in [7, 11) is 0. The molecule has 0 aliphatic heterocycles. The quantitative estimate of drug-likeness (QED) is 0.161. The van der Waals surface area contributed by atoms with E-state index in [0.717, 1.165) is 23.7 Å². The Bertz CT molecular complexity index is 2170. The molecule has 56 heavy (non-hydrogen) atoms. The number of hydrogen-bond donors (Lipinski definition) is 0. The van der Waals surface area contributed by atoms with Crippen molar-refractivity contribution in [2.24, 2.45) is 17.8 Å². The Hall–Kier alpha value is -4.10. The van der Waals surface area contributed by atoms with E-state index in [1.54, 1.807) is 5.56 Å². The highest BCUT2D eigenvalue weighted by molar-refractivity contribution is 5.87. The van der Waals surface area contributed by atoms with Crippen LogP contribution in [-0.2, 0) is 10.8 Å². The van der Waals surface area contributed by atoms with E-state index in [9.17, 15) is 0 Å². The van der Waals surface area contributed by atoms with Crippen molar-refractivity contribution in [3.63, 3.8) is 0 Å². The highest BCUT2D eigenvalue weighted by Crippen LogP contribution is 2.61. The Kier molecular flexibility index (Phi) is 8.64. The summed E-state index contributed by atoms with van der Waals surface area (Å²) in [6.07, 6.45) is 22.4. The van der Waals surface area contributed by atoms with Gasteiger partial charge in [0.2, 0.25) is 0 Å². The van der Waals surface area contributed by atoms with Gasteiger partial charge in [-0.2, -0.15) is 0 Å². The molecule has 12 rings (SSSR count). The molecule has 7 aliphatic rings. The minimum absolute atomic E-state index is 0.0996. The summed E-state index contributed by atoms with van der Waals surface area (Å²) in [5.41, 5.74) is 17.1. The van der Waals surface area contributed by atoms with Crippen LogP contribution in [0.15, 0.2) is 109 Å². The summed E-state index contributed by atoms with van der Waals surface area (Å²) in [5.74, 6) is 4.34. The minimum atomic E-state index is -0.0996. The lowest BCUT2D eigenvalue weighted by atomic mass is 9.48. The normalized spacial score (nSPS) is 26.6. The predicted molar refractivity (Wildman–Crippen MR) is 236 cm³/mol. The molecule has 1 nitrogen and oxygen atoms in total. The molecule has 5 aromatic rings. The fraction of sp³-hybridized carbons (Fsp3) is 0.455. The zero-order chi connectivity index (χ0) is 37.4. The van der Waals surface area contributed by atoms with E-state index in [2.05, 4.69) is 128 Å². The van der Waals surface area contributed by atoms with Gasteiger partial charge >= 0.3 is 0 Å². The van der Waals surface area contributed by atoms with E-state index < -0.39 is 0 Å². The Balaban J connectivity index is 0.933. The molecule has 286 valence electrons. The fourth-order valence-electron chi connectivity index (χ4n) is 13.6. The molecular weight excluding hydrogens is 675 g/mol. The highest BCUT2D eigenvalue weighted by atomic mass is 15.1. The van der Waals surface area contributed by atoms with Gasteiger partial charge in [-0.25, -0.2) is 0 Å². The number of hydrogen-bond acceptors (Lipinski definition) is 1. The van der Waals surface area contributed by atoms with Crippen LogP contribution in [0.5, 0.6) is 0 Å². The number of nitrogens with zero attached hydrogens (tertiary/aromatic N) is 1. The van der Waals surface area contributed by atoms with Crippen LogP contribution < -0.4 is 4.90 Å². The van der Waals surface area contributed by atoms with E-state index in [-0.39, 0.29) is 5.41 Å². The average molecular weight is 736 g/mol. The van der Waals surface area contributed by atoms with Crippen LogP contribution in [0.1, 0.15) is 156 Å². The Morgan fingerprint density at radius 3 is 1.45 bits per heavy atom. The second-order valence-electron chi connectivity index (χ2n) is 20.1. The molecule has 0 atom stereocenters. The molecule has 0 heterocycles. The predicted octanol–water partition coefficient (Wildman–Crippen LogP) is 15.7. The van der Waals surface area contributed by atoms with Crippen LogP contribution in [0.25, 0.3) is 22.3 Å². The Morgan fingerprint density at radius 1 is 0.446 bits per heavy atom. The van der Waals surface area contributed by atoms with Gasteiger partial charge in [-0.1, -0.05) is 119 Å². The van der Waals surface area contributed by atoms with Gasteiger partial charge in [-0.05, 0) is 192 Å². The first kappa shape index (κ1) is 35.1. The molecular formula is C55H61N. The summed E-state index contributed by atoms with van der Waals surface area (Å²) in [6.45, 7) is 4.89. The molecule has 0 aromatic heterocycles. The summed E-state index contributed by atoms with van der Waals surface area (Å²) in [6, 6.07) is 43.9. The van der Waals surface area contributed by atoms with Gasteiger partial charge < -0.3 is 4.90 Å². The van der Waals surface area contributed by atoms with Gasteiger partial charge in [0, 0.05) is 22.5 Å². The molecule has 0 spiro atoms. The first-order valence-corrected chi connectivity index (χ1v) is 22.8. The molecule has 0 saturated heterocycles. The first-order valence-electron chi connectivity index (χ1n) is 22.8. The number of rotatable bonds is 7. The summed E-state index contributed by atoms with van der Waals surface area (Å²) >= 11 is 0. The molecule has 7 aliphatic carbocycles. The molecule has 1 heteroatoms. The van der Waals surface area contributed by atoms with Crippen LogP contribution in [0.3, 0.4) is 0 Å². The Morgan fingerprint density at radius 2 is 0.893 bits per heavy atom. The number of benzene rings is 5. The maximum atomic E-state index is 2.55. The summed E-state index contributed by atoms with van der Waals surface area (Å²) < 4.78 is 0. The van der Waals surface area contributed by atoms with Crippen LogP contribution in [0.4, 0.5) is 17.1 Å². The average Bonchev–Trinajstić information content (AvgIpc) is 3.46. The van der Waals surface area contributed by atoms with Crippen LogP contribution in [0.2, 0.25) is 0 Å². The second-order valence-corrected chi connectivity index (χ2v) is 20.1. The zero-order valence-electron chi connectivity index (χ0n) is 34.0. The van der Waals surface area contributed by atoms with E-state index in [1.807, 2.05) is 0 Å². The largest absolute Gasteiger partial charge is 0.310 e. The van der Waals surface area contributed by atoms with Gasteiger partial charge in [0.05, 0.1) is 0 Å². The SMILES string of the molecule is CC1(C)c2cc(-c3ccc(C4CCCCC4)cc3)ccc2-c2ccc(N(c3ccc(C4CCCCC4)cc3)c3ccc(C45CC6CC(CC(C6)C4)C5)cc3)cc21. The van der Waals surface area contributed by atoms with E-state index >= 15 is 0 Å². The molecule has 0 unspecified atom stereocenters. The van der Waals surface area contributed by atoms with Gasteiger partial charge in [-0.15, -0.1) is 0 Å². The van der Waals surface area contributed by atoms with E-state index in [1.165, 1.54) is 164 Å². The third-order valence-corrected chi connectivity index (χ3v) is 16.2.